The zero-order valence-corrected chi connectivity index (χ0v) is 12.1. The molecule has 0 saturated heterocycles. The zero-order valence-electron chi connectivity index (χ0n) is 11.2. The van der Waals surface area contributed by atoms with Crippen LogP contribution in [0.5, 0.6) is 0 Å². The van der Waals surface area contributed by atoms with Crippen LogP contribution in [0, 0.1) is 6.92 Å². The molecular weight excluding hydrogens is 272 g/mol. The van der Waals surface area contributed by atoms with Crippen LogP contribution in [0.4, 0.5) is 0 Å². The van der Waals surface area contributed by atoms with Gasteiger partial charge in [0.15, 0.2) is 0 Å². The lowest BCUT2D eigenvalue weighted by molar-refractivity contribution is 0.221. The predicted molar refractivity (Wildman–Crippen MR) is 77.1 cm³/mol. The highest BCUT2D eigenvalue weighted by Crippen LogP contribution is 2.26. The van der Waals surface area contributed by atoms with Crippen LogP contribution in [0.3, 0.4) is 0 Å². The highest BCUT2D eigenvalue weighted by atomic mass is 32.2. The van der Waals surface area contributed by atoms with Crippen LogP contribution >= 0.6 is 0 Å². The van der Waals surface area contributed by atoms with Gasteiger partial charge in [-0.25, -0.2) is 0 Å². The summed E-state index contributed by atoms with van der Waals surface area (Å²) in [5.41, 5.74) is 3.38. The van der Waals surface area contributed by atoms with E-state index >= 15 is 0 Å². The van der Waals surface area contributed by atoms with E-state index in [2.05, 4.69) is 0 Å². The van der Waals surface area contributed by atoms with E-state index in [1.165, 1.54) is 11.1 Å². The Labute approximate surface area is 119 Å². The normalized spacial score (nSPS) is 15.2. The number of hydrogen-bond acceptors (Lipinski definition) is 3. The van der Waals surface area contributed by atoms with Crippen molar-refractivity contribution in [2.45, 2.75) is 30.8 Å². The van der Waals surface area contributed by atoms with Gasteiger partial charge >= 0.3 is 0 Å². The van der Waals surface area contributed by atoms with Crippen molar-refractivity contribution in [3.05, 3.63) is 65.2 Å². The average molecular weight is 288 g/mol. The SMILES string of the molecule is Cc1ccc(S(=O)(=O)OC2Cc3ccccc3C2)cc1. The summed E-state index contributed by atoms with van der Waals surface area (Å²) in [6, 6.07) is 14.7. The van der Waals surface area contributed by atoms with Crippen LogP contribution in [0.25, 0.3) is 0 Å². The molecule has 1 aliphatic carbocycles. The number of rotatable bonds is 3. The van der Waals surface area contributed by atoms with Gasteiger partial charge in [0, 0.05) is 12.8 Å². The molecule has 3 rings (SSSR count). The molecule has 2 aromatic carbocycles. The third-order valence-electron chi connectivity index (χ3n) is 3.59. The van der Waals surface area contributed by atoms with E-state index in [4.69, 9.17) is 4.18 Å². The van der Waals surface area contributed by atoms with E-state index in [1.54, 1.807) is 24.3 Å². The summed E-state index contributed by atoms with van der Waals surface area (Å²) >= 11 is 0. The first-order chi connectivity index (χ1) is 9.54. The molecule has 20 heavy (non-hydrogen) atoms. The first kappa shape index (κ1) is 13.3. The molecule has 0 spiro atoms. The summed E-state index contributed by atoms with van der Waals surface area (Å²) in [5, 5.41) is 0. The molecule has 0 fully saturated rings. The molecule has 0 radical (unpaired) electrons. The van der Waals surface area contributed by atoms with Gasteiger partial charge in [0.05, 0.1) is 11.0 Å². The number of hydrogen-bond donors (Lipinski definition) is 0. The number of benzene rings is 2. The second-order valence-corrected chi connectivity index (χ2v) is 6.73. The van der Waals surface area contributed by atoms with Crippen molar-refractivity contribution in [1.29, 1.82) is 0 Å². The molecule has 0 aromatic heterocycles. The van der Waals surface area contributed by atoms with Crippen LogP contribution < -0.4 is 0 Å². The maximum absolute atomic E-state index is 12.2. The Balaban J connectivity index is 1.77. The highest BCUT2D eigenvalue weighted by molar-refractivity contribution is 7.86. The van der Waals surface area contributed by atoms with Gasteiger partial charge in [-0.3, -0.25) is 4.18 Å². The largest absolute Gasteiger partial charge is 0.297 e. The van der Waals surface area contributed by atoms with Crippen molar-refractivity contribution < 1.29 is 12.6 Å². The fraction of sp³-hybridized carbons (Fsp3) is 0.250. The molecule has 1 aliphatic rings. The van der Waals surface area contributed by atoms with E-state index in [0.29, 0.717) is 12.8 Å². The third kappa shape index (κ3) is 2.62. The summed E-state index contributed by atoms with van der Waals surface area (Å²) in [6.07, 6.45) is 1.02. The highest BCUT2D eigenvalue weighted by Gasteiger charge is 2.27. The van der Waals surface area contributed by atoms with Gasteiger partial charge in [0.25, 0.3) is 10.1 Å². The molecule has 0 aliphatic heterocycles. The molecule has 0 heterocycles. The molecule has 4 heteroatoms. The van der Waals surface area contributed by atoms with Crippen molar-refractivity contribution >= 4 is 10.1 Å². The first-order valence-corrected chi connectivity index (χ1v) is 8.02. The summed E-state index contributed by atoms with van der Waals surface area (Å²) in [5.74, 6) is 0. The lowest BCUT2D eigenvalue weighted by atomic mass is 10.1. The Hall–Kier alpha value is -1.65. The van der Waals surface area contributed by atoms with Gasteiger partial charge in [-0.05, 0) is 30.2 Å². The van der Waals surface area contributed by atoms with Gasteiger partial charge < -0.3 is 0 Å². The lowest BCUT2D eigenvalue weighted by Gasteiger charge is -2.11. The molecule has 0 unspecified atom stereocenters. The van der Waals surface area contributed by atoms with Crippen LogP contribution in [-0.4, -0.2) is 14.5 Å². The summed E-state index contributed by atoms with van der Waals surface area (Å²) in [6.45, 7) is 1.92. The van der Waals surface area contributed by atoms with E-state index in [0.717, 1.165) is 5.56 Å². The standard InChI is InChI=1S/C16H16O3S/c1-12-6-8-16(9-7-12)20(17,18)19-15-10-13-4-2-3-5-14(13)11-15/h2-9,15H,10-11H2,1H3. The minimum Gasteiger partial charge on any atom is -0.262 e. The molecule has 3 nitrogen and oxygen atoms in total. The second-order valence-electron chi connectivity index (χ2n) is 5.16. The molecule has 0 N–H and O–H groups in total. The fourth-order valence-corrected chi connectivity index (χ4v) is 3.60. The maximum Gasteiger partial charge on any atom is 0.297 e. The zero-order chi connectivity index (χ0) is 14.2. The molecule has 0 amide bonds. The molecule has 0 bridgehead atoms. The third-order valence-corrected chi connectivity index (χ3v) is 4.96. The van der Waals surface area contributed by atoms with Crippen LogP contribution in [-0.2, 0) is 27.1 Å². The Morgan fingerprint density at radius 2 is 1.50 bits per heavy atom. The Morgan fingerprint density at radius 3 is 2.05 bits per heavy atom. The average Bonchev–Trinajstić information content (AvgIpc) is 2.80. The Morgan fingerprint density at radius 1 is 0.950 bits per heavy atom. The quantitative estimate of drug-likeness (QED) is 0.816. The van der Waals surface area contributed by atoms with Crippen molar-refractivity contribution in [2.24, 2.45) is 0 Å². The van der Waals surface area contributed by atoms with Gasteiger partial charge in [-0.1, -0.05) is 42.0 Å². The van der Waals surface area contributed by atoms with Crippen LogP contribution in [0.15, 0.2) is 53.4 Å². The predicted octanol–water partition coefficient (Wildman–Crippen LogP) is 2.87. The van der Waals surface area contributed by atoms with E-state index in [9.17, 15) is 8.42 Å². The van der Waals surface area contributed by atoms with Gasteiger partial charge in [-0.15, -0.1) is 0 Å². The van der Waals surface area contributed by atoms with Gasteiger partial charge in [0.2, 0.25) is 0 Å². The van der Waals surface area contributed by atoms with Crippen molar-refractivity contribution in [1.82, 2.24) is 0 Å². The minimum absolute atomic E-state index is 0.221. The number of fused-ring (bicyclic) bond motifs is 1. The number of aryl methyl sites for hydroxylation is 1. The topological polar surface area (TPSA) is 43.4 Å². The fourth-order valence-electron chi connectivity index (χ4n) is 2.53. The van der Waals surface area contributed by atoms with Crippen molar-refractivity contribution in [3.8, 4) is 0 Å². The Bertz CT molecular complexity index is 693. The second kappa shape index (κ2) is 5.04. The summed E-state index contributed by atoms with van der Waals surface area (Å²) in [4.78, 5) is 0.221. The Kier molecular flexibility index (Phi) is 3.36. The smallest absolute Gasteiger partial charge is 0.262 e. The molecule has 2 aromatic rings. The van der Waals surface area contributed by atoms with Gasteiger partial charge in [0.1, 0.15) is 0 Å². The summed E-state index contributed by atoms with van der Waals surface area (Å²) < 4.78 is 29.8. The molecular formula is C16H16O3S. The summed E-state index contributed by atoms with van der Waals surface area (Å²) in [7, 11) is -3.68. The monoisotopic (exact) mass is 288 g/mol. The van der Waals surface area contributed by atoms with Crippen molar-refractivity contribution in [3.63, 3.8) is 0 Å². The maximum atomic E-state index is 12.2. The minimum atomic E-state index is -3.68. The van der Waals surface area contributed by atoms with Gasteiger partial charge in [-0.2, -0.15) is 8.42 Å². The molecule has 104 valence electrons. The first-order valence-electron chi connectivity index (χ1n) is 6.61. The lowest BCUT2D eigenvalue weighted by Crippen LogP contribution is -2.18. The van der Waals surface area contributed by atoms with E-state index < -0.39 is 10.1 Å². The van der Waals surface area contributed by atoms with E-state index in [1.807, 2.05) is 31.2 Å². The molecule has 0 atom stereocenters. The van der Waals surface area contributed by atoms with Crippen molar-refractivity contribution in [2.75, 3.05) is 0 Å². The van der Waals surface area contributed by atoms with Crippen LogP contribution in [0.2, 0.25) is 0 Å². The van der Waals surface area contributed by atoms with E-state index in [-0.39, 0.29) is 11.0 Å². The molecule has 0 saturated carbocycles. The van der Waals surface area contributed by atoms with Crippen LogP contribution in [0.1, 0.15) is 16.7 Å².